The number of sulfone groups is 1. The summed E-state index contributed by atoms with van der Waals surface area (Å²) in [5.74, 6) is 0.270. The summed E-state index contributed by atoms with van der Waals surface area (Å²) >= 11 is 0. The minimum atomic E-state index is -3.66. The summed E-state index contributed by atoms with van der Waals surface area (Å²) in [6.07, 6.45) is 7.52. The monoisotopic (exact) mass is 450 g/mol. The molecule has 31 heavy (non-hydrogen) atoms. The molecule has 1 fully saturated rings. The maximum atomic E-state index is 13.9. The average molecular weight is 451 g/mol. The molecular formula is C21H27FN4O4S. The topological polar surface area (TPSA) is 101 Å². The van der Waals surface area contributed by atoms with Crippen molar-refractivity contribution in [2.24, 2.45) is 5.92 Å². The number of nitrogens with zero attached hydrogens (tertiary/aromatic N) is 3. The summed E-state index contributed by atoms with van der Waals surface area (Å²) < 4.78 is 42.0. The number of hydrogen-bond acceptors (Lipinski definition) is 7. The molecule has 10 heteroatoms. The zero-order chi connectivity index (χ0) is 22.4. The third-order valence-corrected chi connectivity index (χ3v) is 6.46. The second kappa shape index (κ2) is 10.0. The standard InChI is InChI=1S/C21H27FN4O4S/c1-3-15-13-23-20(24-14-15)26-9-6-16(7-10-26)8-11-30-21(27)25-17-4-5-19(18(22)12-17)31(2,28)29/h4-5,12-14,16H,3,6-11H2,1-2H3,(H,25,27). The Balaban J connectivity index is 1.40. The Morgan fingerprint density at radius 3 is 2.52 bits per heavy atom. The molecule has 1 N–H and O–H groups in total. The molecule has 1 aromatic carbocycles. The number of hydrogen-bond donors (Lipinski definition) is 1. The van der Waals surface area contributed by atoms with Crippen LogP contribution < -0.4 is 10.2 Å². The van der Waals surface area contributed by atoms with Crippen molar-refractivity contribution < 1.29 is 22.3 Å². The van der Waals surface area contributed by atoms with E-state index < -0.39 is 26.6 Å². The number of ether oxygens (including phenoxy) is 1. The number of amides is 1. The smallest absolute Gasteiger partial charge is 0.411 e. The summed E-state index contributed by atoms with van der Waals surface area (Å²) in [6.45, 7) is 4.03. The van der Waals surface area contributed by atoms with Gasteiger partial charge in [0.15, 0.2) is 9.84 Å². The summed E-state index contributed by atoms with van der Waals surface area (Å²) in [5.41, 5.74) is 1.25. The molecule has 0 unspecified atom stereocenters. The van der Waals surface area contributed by atoms with E-state index in [1.54, 1.807) is 0 Å². The third-order valence-electron chi connectivity index (χ3n) is 5.33. The van der Waals surface area contributed by atoms with Crippen LogP contribution in [-0.4, -0.2) is 50.4 Å². The predicted octanol–water partition coefficient (Wildman–Crippen LogP) is 3.44. The summed E-state index contributed by atoms with van der Waals surface area (Å²) in [4.78, 5) is 22.5. The third kappa shape index (κ3) is 6.36. The maximum Gasteiger partial charge on any atom is 0.411 e. The number of halogens is 1. The van der Waals surface area contributed by atoms with Crippen molar-refractivity contribution in [2.75, 3.05) is 36.2 Å². The van der Waals surface area contributed by atoms with Crippen molar-refractivity contribution in [1.29, 1.82) is 0 Å². The Morgan fingerprint density at radius 2 is 1.94 bits per heavy atom. The van der Waals surface area contributed by atoms with Crippen molar-refractivity contribution in [2.45, 2.75) is 37.5 Å². The number of nitrogens with one attached hydrogen (secondary N) is 1. The fraction of sp³-hybridized carbons (Fsp3) is 0.476. The van der Waals surface area contributed by atoms with E-state index in [0.717, 1.165) is 68.7 Å². The van der Waals surface area contributed by atoms with Crippen LogP contribution >= 0.6 is 0 Å². The molecule has 3 rings (SSSR count). The van der Waals surface area contributed by atoms with E-state index in [9.17, 15) is 17.6 Å². The van der Waals surface area contributed by atoms with Gasteiger partial charge in [-0.3, -0.25) is 5.32 Å². The molecule has 0 atom stereocenters. The first-order valence-electron chi connectivity index (χ1n) is 10.3. The molecule has 1 aliphatic rings. The molecule has 0 spiro atoms. The summed E-state index contributed by atoms with van der Waals surface area (Å²) in [6, 6.07) is 3.40. The molecule has 1 aromatic heterocycles. The van der Waals surface area contributed by atoms with E-state index >= 15 is 0 Å². The zero-order valence-electron chi connectivity index (χ0n) is 17.7. The Kier molecular flexibility index (Phi) is 7.42. The van der Waals surface area contributed by atoms with Gasteiger partial charge in [-0.15, -0.1) is 0 Å². The van der Waals surface area contributed by atoms with Crippen LogP contribution in [0.2, 0.25) is 0 Å². The van der Waals surface area contributed by atoms with Crippen LogP contribution in [0.25, 0.3) is 0 Å². The van der Waals surface area contributed by atoms with Crippen LogP contribution in [0.1, 0.15) is 31.7 Å². The van der Waals surface area contributed by atoms with Gasteiger partial charge in [0.05, 0.1) is 6.61 Å². The van der Waals surface area contributed by atoms with E-state index in [-0.39, 0.29) is 12.3 Å². The molecule has 0 radical (unpaired) electrons. The van der Waals surface area contributed by atoms with Gasteiger partial charge in [-0.05, 0) is 55.4 Å². The molecular weight excluding hydrogens is 423 g/mol. The average Bonchev–Trinajstić information content (AvgIpc) is 2.73. The number of anilines is 2. The molecule has 2 heterocycles. The first-order chi connectivity index (χ1) is 14.8. The van der Waals surface area contributed by atoms with Gasteiger partial charge in [0, 0.05) is 37.4 Å². The maximum absolute atomic E-state index is 13.9. The van der Waals surface area contributed by atoms with Gasteiger partial charge in [0.2, 0.25) is 5.95 Å². The summed E-state index contributed by atoms with van der Waals surface area (Å²) in [5, 5.41) is 2.42. The lowest BCUT2D eigenvalue weighted by Gasteiger charge is -2.31. The largest absolute Gasteiger partial charge is 0.449 e. The van der Waals surface area contributed by atoms with Crippen LogP contribution in [0.3, 0.4) is 0 Å². The molecule has 0 saturated carbocycles. The van der Waals surface area contributed by atoms with Crippen LogP contribution in [0.5, 0.6) is 0 Å². The first kappa shape index (κ1) is 22.9. The van der Waals surface area contributed by atoms with E-state index in [4.69, 9.17) is 4.74 Å². The number of rotatable bonds is 7. The van der Waals surface area contributed by atoms with Gasteiger partial charge in [0.1, 0.15) is 10.7 Å². The van der Waals surface area contributed by atoms with Crippen molar-refractivity contribution >= 4 is 27.6 Å². The lowest BCUT2D eigenvalue weighted by molar-refractivity contribution is 0.150. The van der Waals surface area contributed by atoms with Gasteiger partial charge in [-0.1, -0.05) is 6.92 Å². The molecule has 8 nitrogen and oxygen atoms in total. The molecule has 0 bridgehead atoms. The number of carbonyl (C=O) groups excluding carboxylic acids is 1. The van der Waals surface area contributed by atoms with Crippen LogP contribution in [-0.2, 0) is 21.0 Å². The quantitative estimate of drug-likeness (QED) is 0.689. The van der Waals surface area contributed by atoms with E-state index in [1.807, 2.05) is 12.4 Å². The van der Waals surface area contributed by atoms with Crippen molar-refractivity contribution in [3.8, 4) is 0 Å². The predicted molar refractivity (Wildman–Crippen MR) is 115 cm³/mol. The lowest BCUT2D eigenvalue weighted by atomic mass is 9.94. The second-order valence-corrected chi connectivity index (χ2v) is 9.63. The first-order valence-corrected chi connectivity index (χ1v) is 12.1. The lowest BCUT2D eigenvalue weighted by Crippen LogP contribution is -2.35. The molecule has 2 aromatic rings. The van der Waals surface area contributed by atoms with E-state index in [1.165, 1.54) is 6.07 Å². The number of aromatic nitrogens is 2. The van der Waals surface area contributed by atoms with Gasteiger partial charge >= 0.3 is 6.09 Å². The molecule has 1 aliphatic heterocycles. The van der Waals surface area contributed by atoms with Gasteiger partial charge < -0.3 is 9.64 Å². The highest BCUT2D eigenvalue weighted by Crippen LogP contribution is 2.23. The molecule has 1 amide bonds. The number of carbonyl (C=O) groups is 1. The fourth-order valence-corrected chi connectivity index (χ4v) is 4.20. The number of aryl methyl sites for hydroxylation is 1. The van der Waals surface area contributed by atoms with Gasteiger partial charge in [0.25, 0.3) is 0 Å². The Bertz CT molecular complexity index is 1010. The SMILES string of the molecule is CCc1cnc(N2CCC(CCOC(=O)Nc3ccc(S(C)(=O)=O)c(F)c3)CC2)nc1. The highest BCUT2D eigenvalue weighted by molar-refractivity contribution is 7.90. The van der Waals surface area contributed by atoms with Crippen LogP contribution in [0, 0.1) is 11.7 Å². The minimum absolute atomic E-state index is 0.136. The Hall–Kier alpha value is -2.75. The number of benzene rings is 1. The van der Waals surface area contributed by atoms with Crippen LogP contribution in [0.15, 0.2) is 35.5 Å². The Morgan fingerprint density at radius 1 is 1.26 bits per heavy atom. The highest BCUT2D eigenvalue weighted by atomic mass is 32.2. The fourth-order valence-electron chi connectivity index (χ4n) is 3.47. The van der Waals surface area contributed by atoms with Crippen molar-refractivity contribution in [3.05, 3.63) is 42.0 Å². The highest BCUT2D eigenvalue weighted by Gasteiger charge is 2.21. The summed E-state index contributed by atoms with van der Waals surface area (Å²) in [7, 11) is -3.66. The zero-order valence-corrected chi connectivity index (χ0v) is 18.5. The van der Waals surface area contributed by atoms with E-state index in [2.05, 4.69) is 27.1 Å². The van der Waals surface area contributed by atoms with E-state index in [0.29, 0.717) is 5.92 Å². The van der Waals surface area contributed by atoms with Gasteiger partial charge in [-0.2, -0.15) is 0 Å². The molecule has 168 valence electrons. The van der Waals surface area contributed by atoms with Gasteiger partial charge in [-0.25, -0.2) is 27.6 Å². The molecule has 1 saturated heterocycles. The Labute approximate surface area is 181 Å². The van der Waals surface area contributed by atoms with Crippen molar-refractivity contribution in [1.82, 2.24) is 9.97 Å². The molecule has 0 aliphatic carbocycles. The normalized spacial score (nSPS) is 15.0. The second-order valence-electron chi connectivity index (χ2n) is 7.64. The minimum Gasteiger partial charge on any atom is -0.449 e. The number of piperidine rings is 1. The van der Waals surface area contributed by atoms with Crippen LogP contribution in [0.4, 0.5) is 20.8 Å². The van der Waals surface area contributed by atoms with Crippen molar-refractivity contribution in [3.63, 3.8) is 0 Å².